The Balaban J connectivity index is 2.28. The molecule has 94 valence electrons. The van der Waals surface area contributed by atoms with E-state index in [0.29, 0.717) is 0 Å². The van der Waals surface area contributed by atoms with Gasteiger partial charge in [-0.1, -0.05) is 36.4 Å². The van der Waals surface area contributed by atoms with Gasteiger partial charge in [-0.15, -0.1) is 0 Å². The van der Waals surface area contributed by atoms with E-state index >= 15 is 0 Å². The van der Waals surface area contributed by atoms with Crippen molar-refractivity contribution in [1.82, 2.24) is 0 Å². The highest BCUT2D eigenvalue weighted by molar-refractivity contribution is 6.80. The minimum Gasteiger partial charge on any atom is -0.317 e. The van der Waals surface area contributed by atoms with Gasteiger partial charge < -0.3 is 10.1 Å². The van der Waals surface area contributed by atoms with Crippen LogP contribution in [0.1, 0.15) is 0 Å². The number of hydrogen-bond donors (Lipinski definition) is 1. The van der Waals surface area contributed by atoms with Gasteiger partial charge in [0, 0.05) is 5.69 Å². The zero-order valence-corrected chi connectivity index (χ0v) is 12.2. The van der Waals surface area contributed by atoms with Crippen molar-refractivity contribution in [2.75, 3.05) is 10.1 Å². The fourth-order valence-corrected chi connectivity index (χ4v) is 3.23. The number of benzene rings is 2. The summed E-state index contributed by atoms with van der Waals surface area (Å²) in [6.07, 6.45) is 0. The zero-order chi connectivity index (χ0) is 13.0. The van der Waals surface area contributed by atoms with Gasteiger partial charge in [-0.25, -0.2) is 0 Å². The van der Waals surface area contributed by atoms with Gasteiger partial charge in [-0.05, 0) is 43.9 Å². The second-order valence-electron chi connectivity index (χ2n) is 5.32. The topological polar surface area (TPSA) is 15.3 Å². The molecule has 0 unspecified atom stereocenters. The van der Waals surface area contributed by atoms with Crippen molar-refractivity contribution >= 4 is 19.6 Å². The Labute approximate surface area is 110 Å². The lowest BCUT2D eigenvalue weighted by molar-refractivity contribution is 1.20. The predicted molar refractivity (Wildman–Crippen MR) is 82.3 cm³/mol. The van der Waals surface area contributed by atoms with Crippen LogP contribution in [0.15, 0.2) is 60.7 Å². The largest absolute Gasteiger partial charge is 0.317 e. The Kier molecular flexibility index (Phi) is 3.72. The minimum absolute atomic E-state index is 1.13. The van der Waals surface area contributed by atoms with Crippen molar-refractivity contribution in [2.45, 2.75) is 19.6 Å². The molecule has 0 spiro atoms. The van der Waals surface area contributed by atoms with Gasteiger partial charge in [-0.2, -0.15) is 0 Å². The highest BCUT2D eigenvalue weighted by Gasteiger charge is 2.24. The summed E-state index contributed by atoms with van der Waals surface area (Å²) in [5.74, 6) is 0. The van der Waals surface area contributed by atoms with Crippen LogP contribution in [0.3, 0.4) is 0 Å². The lowest BCUT2D eigenvalue weighted by Gasteiger charge is -2.37. The summed E-state index contributed by atoms with van der Waals surface area (Å²) in [7, 11) is -1.49. The molecule has 2 aromatic carbocycles. The first-order chi connectivity index (χ1) is 8.57. The van der Waals surface area contributed by atoms with Crippen molar-refractivity contribution in [2.24, 2.45) is 0 Å². The number of nitrogens with zero attached hydrogens (tertiary/aromatic N) is 1. The Morgan fingerprint density at radius 3 is 1.78 bits per heavy atom. The number of hydrogen-bond acceptors (Lipinski definition) is 2. The molecule has 0 amide bonds. The molecule has 0 aliphatic heterocycles. The van der Waals surface area contributed by atoms with Crippen LogP contribution in [-0.2, 0) is 0 Å². The van der Waals surface area contributed by atoms with Crippen LogP contribution in [0.2, 0.25) is 19.6 Å². The fraction of sp³-hybridized carbons (Fsp3) is 0.200. The van der Waals surface area contributed by atoms with Gasteiger partial charge in [0.25, 0.3) is 0 Å². The summed E-state index contributed by atoms with van der Waals surface area (Å²) in [4.78, 5) is 0. The molecule has 2 aromatic rings. The predicted octanol–water partition coefficient (Wildman–Crippen LogP) is 4.36. The SMILES string of the molecule is C[Si](C)(C)N(Nc1ccccc1)c1ccccc1. The molecule has 0 fully saturated rings. The van der Waals surface area contributed by atoms with Crippen molar-refractivity contribution in [3.8, 4) is 0 Å². The van der Waals surface area contributed by atoms with Crippen molar-refractivity contribution in [1.29, 1.82) is 0 Å². The summed E-state index contributed by atoms with van der Waals surface area (Å²) < 4.78 is 2.32. The van der Waals surface area contributed by atoms with E-state index in [0.717, 1.165) is 5.69 Å². The van der Waals surface area contributed by atoms with Gasteiger partial charge >= 0.3 is 0 Å². The van der Waals surface area contributed by atoms with Crippen LogP contribution in [0.5, 0.6) is 0 Å². The zero-order valence-electron chi connectivity index (χ0n) is 11.2. The number of anilines is 2. The van der Waals surface area contributed by atoms with Gasteiger partial charge in [-0.3, -0.25) is 0 Å². The quantitative estimate of drug-likeness (QED) is 0.646. The first-order valence-electron chi connectivity index (χ1n) is 6.24. The van der Waals surface area contributed by atoms with Crippen LogP contribution in [0.25, 0.3) is 0 Å². The fourth-order valence-electron chi connectivity index (χ4n) is 1.84. The Morgan fingerprint density at radius 2 is 1.28 bits per heavy atom. The normalized spacial score (nSPS) is 11.1. The van der Waals surface area contributed by atoms with Gasteiger partial charge in [0.1, 0.15) is 0 Å². The van der Waals surface area contributed by atoms with E-state index in [1.54, 1.807) is 0 Å². The van der Waals surface area contributed by atoms with Gasteiger partial charge in [0.05, 0.1) is 5.69 Å². The molecule has 0 aliphatic rings. The molecule has 0 bridgehead atoms. The molecule has 2 rings (SSSR count). The molecule has 0 saturated heterocycles. The monoisotopic (exact) mass is 256 g/mol. The summed E-state index contributed by atoms with van der Waals surface area (Å²) in [5, 5.41) is 0. The van der Waals surface area contributed by atoms with Crippen molar-refractivity contribution in [3.63, 3.8) is 0 Å². The maximum atomic E-state index is 3.53. The van der Waals surface area contributed by atoms with E-state index in [1.165, 1.54) is 5.69 Å². The van der Waals surface area contributed by atoms with Crippen LogP contribution in [0, 0.1) is 0 Å². The summed E-state index contributed by atoms with van der Waals surface area (Å²) >= 11 is 0. The van der Waals surface area contributed by atoms with Crippen LogP contribution < -0.4 is 10.1 Å². The van der Waals surface area contributed by atoms with Crippen LogP contribution >= 0.6 is 0 Å². The molecular weight excluding hydrogens is 236 g/mol. The third-order valence-corrected chi connectivity index (χ3v) is 4.41. The van der Waals surface area contributed by atoms with E-state index in [2.05, 4.69) is 84.3 Å². The number of para-hydroxylation sites is 2. The lowest BCUT2D eigenvalue weighted by atomic mass is 10.3. The summed E-state index contributed by atoms with van der Waals surface area (Å²) in [6, 6.07) is 20.8. The molecule has 18 heavy (non-hydrogen) atoms. The third-order valence-electron chi connectivity index (χ3n) is 2.70. The molecule has 2 nitrogen and oxygen atoms in total. The first-order valence-corrected chi connectivity index (χ1v) is 9.69. The maximum absolute atomic E-state index is 3.53. The second-order valence-corrected chi connectivity index (χ2v) is 10.1. The molecule has 0 radical (unpaired) electrons. The Hall–Kier alpha value is -1.74. The highest BCUT2D eigenvalue weighted by atomic mass is 28.3. The van der Waals surface area contributed by atoms with E-state index in [-0.39, 0.29) is 0 Å². The summed E-state index contributed by atoms with van der Waals surface area (Å²) in [5.41, 5.74) is 5.88. The molecule has 3 heteroatoms. The molecule has 0 heterocycles. The number of nitrogens with one attached hydrogen (secondary N) is 1. The van der Waals surface area contributed by atoms with E-state index < -0.39 is 8.24 Å². The molecule has 0 saturated carbocycles. The van der Waals surface area contributed by atoms with Crippen LogP contribution in [0.4, 0.5) is 11.4 Å². The Morgan fingerprint density at radius 1 is 0.778 bits per heavy atom. The first kappa shape index (κ1) is 12.7. The average molecular weight is 256 g/mol. The van der Waals surface area contributed by atoms with Crippen LogP contribution in [-0.4, -0.2) is 8.24 Å². The van der Waals surface area contributed by atoms with Gasteiger partial charge in [0.2, 0.25) is 0 Å². The summed E-state index contributed by atoms with van der Waals surface area (Å²) in [6.45, 7) is 6.99. The van der Waals surface area contributed by atoms with Crippen molar-refractivity contribution < 1.29 is 0 Å². The molecule has 0 aromatic heterocycles. The second kappa shape index (κ2) is 5.27. The van der Waals surface area contributed by atoms with E-state index in [9.17, 15) is 0 Å². The molecular formula is C15H20N2Si. The lowest BCUT2D eigenvalue weighted by Crippen LogP contribution is -2.50. The highest BCUT2D eigenvalue weighted by Crippen LogP contribution is 2.22. The number of hydrazine groups is 1. The maximum Gasteiger partial charge on any atom is 0.173 e. The average Bonchev–Trinajstić information content (AvgIpc) is 2.37. The van der Waals surface area contributed by atoms with E-state index in [1.807, 2.05) is 6.07 Å². The smallest absolute Gasteiger partial charge is 0.173 e. The van der Waals surface area contributed by atoms with Gasteiger partial charge in [0.15, 0.2) is 8.24 Å². The molecule has 0 aliphatic carbocycles. The molecule has 0 atom stereocenters. The minimum atomic E-state index is -1.49. The number of rotatable bonds is 4. The van der Waals surface area contributed by atoms with Crippen molar-refractivity contribution in [3.05, 3.63) is 60.7 Å². The Bertz CT molecular complexity index is 477. The molecule has 1 N–H and O–H groups in total. The van der Waals surface area contributed by atoms with E-state index in [4.69, 9.17) is 0 Å². The third kappa shape index (κ3) is 3.14. The standard InChI is InChI=1S/C15H20N2Si/c1-18(2,3)17(15-12-8-5-9-13-15)16-14-10-6-4-7-11-14/h4-13,16H,1-3H3.